The van der Waals surface area contributed by atoms with Crippen molar-refractivity contribution in [2.24, 2.45) is 4.99 Å². The van der Waals surface area contributed by atoms with Crippen LogP contribution in [0.25, 0.3) is 10.2 Å². The molecule has 0 N–H and O–H groups in total. The summed E-state index contributed by atoms with van der Waals surface area (Å²) in [7, 11) is -3.84. The lowest BCUT2D eigenvalue weighted by molar-refractivity contribution is -0.121. The Labute approximate surface area is 196 Å². The van der Waals surface area contributed by atoms with Crippen molar-refractivity contribution in [3.63, 3.8) is 0 Å². The van der Waals surface area contributed by atoms with Gasteiger partial charge in [0.1, 0.15) is 6.04 Å². The van der Waals surface area contributed by atoms with Gasteiger partial charge in [0.15, 0.2) is 4.80 Å². The molecule has 1 unspecified atom stereocenters. The maximum absolute atomic E-state index is 13.2. The number of halogens is 1. The molecule has 4 rings (SSSR count). The maximum atomic E-state index is 13.2. The van der Waals surface area contributed by atoms with E-state index in [1.807, 2.05) is 24.5 Å². The second-order valence-corrected chi connectivity index (χ2v) is 11.1. The number of rotatable bonds is 4. The van der Waals surface area contributed by atoms with Crippen LogP contribution in [0.5, 0.6) is 0 Å². The van der Waals surface area contributed by atoms with Crippen LogP contribution in [0.4, 0.5) is 0 Å². The summed E-state index contributed by atoms with van der Waals surface area (Å²) in [6.07, 6.45) is 6.59. The zero-order valence-electron chi connectivity index (χ0n) is 17.7. The van der Waals surface area contributed by atoms with E-state index in [1.165, 1.54) is 39.9 Å². The number of fused-ring (bicyclic) bond motifs is 1. The first-order valence-corrected chi connectivity index (χ1v) is 12.8. The number of nitrogens with zero attached hydrogens (tertiary/aromatic N) is 3. The lowest BCUT2D eigenvalue weighted by Gasteiger charge is -2.21. The van der Waals surface area contributed by atoms with Crippen LogP contribution in [0, 0.1) is 26.2 Å². The predicted octanol–water partition coefficient (Wildman–Crippen LogP) is 3.89. The summed E-state index contributed by atoms with van der Waals surface area (Å²) in [4.78, 5) is 18.1. The third-order valence-corrected chi connectivity index (χ3v) is 8.88. The average molecular weight is 488 g/mol. The Morgan fingerprint density at radius 2 is 2.00 bits per heavy atom. The van der Waals surface area contributed by atoms with Gasteiger partial charge in [-0.15, -0.1) is 6.42 Å². The SMILES string of the molecule is C#CCn1c(=NC(=O)C2CCCN2S(=O)(=O)c2ccc(Cl)cc2)sc2c(C)cc(C)cc21. The lowest BCUT2D eigenvalue weighted by Crippen LogP contribution is -2.40. The Hall–Kier alpha value is -2.44. The van der Waals surface area contributed by atoms with Crippen molar-refractivity contribution in [1.29, 1.82) is 0 Å². The van der Waals surface area contributed by atoms with Crippen LogP contribution < -0.4 is 4.80 Å². The van der Waals surface area contributed by atoms with Gasteiger partial charge in [-0.3, -0.25) is 4.79 Å². The van der Waals surface area contributed by atoms with E-state index in [0.29, 0.717) is 22.7 Å². The number of benzene rings is 2. The van der Waals surface area contributed by atoms with Gasteiger partial charge in [-0.25, -0.2) is 8.42 Å². The lowest BCUT2D eigenvalue weighted by atomic mass is 10.1. The molecule has 32 heavy (non-hydrogen) atoms. The van der Waals surface area contributed by atoms with Gasteiger partial charge in [0.25, 0.3) is 5.91 Å². The zero-order chi connectivity index (χ0) is 23.0. The summed E-state index contributed by atoms with van der Waals surface area (Å²) in [5.41, 5.74) is 3.10. The fraction of sp³-hybridized carbons (Fsp3) is 0.304. The summed E-state index contributed by atoms with van der Waals surface area (Å²) in [6, 6.07) is 9.20. The smallest absolute Gasteiger partial charge is 0.266 e. The fourth-order valence-corrected chi connectivity index (χ4v) is 6.89. The molecule has 6 nitrogen and oxygen atoms in total. The highest BCUT2D eigenvalue weighted by Crippen LogP contribution is 2.28. The van der Waals surface area contributed by atoms with Crippen molar-refractivity contribution in [3.8, 4) is 12.3 Å². The number of thiazole rings is 1. The van der Waals surface area contributed by atoms with Crippen LogP contribution >= 0.6 is 22.9 Å². The number of hydrogen-bond donors (Lipinski definition) is 0. The molecule has 1 fully saturated rings. The number of terminal acetylenes is 1. The van der Waals surface area contributed by atoms with Gasteiger partial charge in [0, 0.05) is 11.6 Å². The van der Waals surface area contributed by atoms with Crippen molar-refractivity contribution >= 4 is 49.1 Å². The molecule has 9 heteroatoms. The molecule has 1 aliphatic heterocycles. The van der Waals surface area contributed by atoms with Gasteiger partial charge in [-0.05, 0) is 68.1 Å². The Morgan fingerprint density at radius 3 is 2.69 bits per heavy atom. The molecular formula is C23H22ClN3O3S2. The van der Waals surface area contributed by atoms with Crippen LogP contribution in [-0.2, 0) is 21.4 Å². The topological polar surface area (TPSA) is 71.7 Å². The van der Waals surface area contributed by atoms with E-state index in [9.17, 15) is 13.2 Å². The molecule has 0 aliphatic carbocycles. The predicted molar refractivity (Wildman–Crippen MR) is 127 cm³/mol. The third-order valence-electron chi connectivity index (χ3n) is 5.48. The van der Waals surface area contributed by atoms with Gasteiger partial charge >= 0.3 is 0 Å². The number of amides is 1. The van der Waals surface area contributed by atoms with Gasteiger partial charge in [0.2, 0.25) is 10.0 Å². The third kappa shape index (κ3) is 4.14. The summed E-state index contributed by atoms with van der Waals surface area (Å²) >= 11 is 7.28. The minimum atomic E-state index is -3.84. The summed E-state index contributed by atoms with van der Waals surface area (Å²) in [6.45, 7) is 4.55. The summed E-state index contributed by atoms with van der Waals surface area (Å²) < 4.78 is 30.4. The van der Waals surface area contributed by atoms with Crippen LogP contribution in [0.2, 0.25) is 5.02 Å². The van der Waals surface area contributed by atoms with Crippen molar-refractivity contribution < 1.29 is 13.2 Å². The Balaban J connectivity index is 1.75. The van der Waals surface area contributed by atoms with Crippen molar-refractivity contribution in [2.45, 2.75) is 44.2 Å². The number of carbonyl (C=O) groups excluding carboxylic acids is 1. The molecule has 1 amide bonds. The highest BCUT2D eigenvalue weighted by atomic mass is 35.5. The fourth-order valence-electron chi connectivity index (χ4n) is 4.03. The molecule has 166 valence electrons. The molecule has 0 saturated carbocycles. The second-order valence-electron chi connectivity index (χ2n) is 7.78. The number of aromatic nitrogens is 1. The molecule has 0 radical (unpaired) electrons. The Morgan fingerprint density at radius 1 is 1.28 bits per heavy atom. The molecule has 1 saturated heterocycles. The van der Waals surface area contributed by atoms with Crippen molar-refractivity contribution in [2.75, 3.05) is 6.54 Å². The molecule has 3 aromatic rings. The Bertz CT molecular complexity index is 1410. The molecule has 2 heterocycles. The number of aryl methyl sites for hydroxylation is 2. The van der Waals surface area contributed by atoms with E-state index in [4.69, 9.17) is 18.0 Å². The van der Waals surface area contributed by atoms with Crippen LogP contribution in [0.15, 0.2) is 46.3 Å². The number of carbonyl (C=O) groups is 1. The molecule has 0 bridgehead atoms. The highest BCUT2D eigenvalue weighted by molar-refractivity contribution is 7.89. The molecule has 1 aliphatic rings. The van der Waals surface area contributed by atoms with Crippen LogP contribution in [-0.4, -0.2) is 35.8 Å². The summed E-state index contributed by atoms with van der Waals surface area (Å²) in [5, 5.41) is 0.446. The van der Waals surface area contributed by atoms with Gasteiger partial charge < -0.3 is 4.57 Å². The second kappa shape index (κ2) is 8.83. The number of hydrogen-bond acceptors (Lipinski definition) is 4. The average Bonchev–Trinajstić information content (AvgIpc) is 3.36. The molecule has 0 spiro atoms. The molecular weight excluding hydrogens is 466 g/mol. The summed E-state index contributed by atoms with van der Waals surface area (Å²) in [5.74, 6) is 2.14. The minimum Gasteiger partial charge on any atom is -0.305 e. The van der Waals surface area contributed by atoms with Gasteiger partial charge in [0.05, 0.1) is 21.7 Å². The maximum Gasteiger partial charge on any atom is 0.266 e. The first-order valence-electron chi connectivity index (χ1n) is 10.1. The van der Waals surface area contributed by atoms with E-state index >= 15 is 0 Å². The molecule has 2 aromatic carbocycles. The van der Waals surface area contributed by atoms with Crippen LogP contribution in [0.3, 0.4) is 0 Å². The van der Waals surface area contributed by atoms with Crippen LogP contribution in [0.1, 0.15) is 24.0 Å². The molecule has 1 atom stereocenters. The highest BCUT2D eigenvalue weighted by Gasteiger charge is 2.39. The van der Waals surface area contributed by atoms with Gasteiger partial charge in [-0.2, -0.15) is 9.30 Å². The zero-order valence-corrected chi connectivity index (χ0v) is 20.1. The van der Waals surface area contributed by atoms with Gasteiger partial charge in [-0.1, -0.05) is 34.9 Å². The minimum absolute atomic E-state index is 0.108. The van der Waals surface area contributed by atoms with E-state index in [1.54, 1.807) is 0 Å². The Kier molecular flexibility index (Phi) is 6.28. The van der Waals surface area contributed by atoms with Crippen molar-refractivity contribution in [3.05, 3.63) is 57.3 Å². The molecule has 1 aromatic heterocycles. The van der Waals surface area contributed by atoms with E-state index < -0.39 is 22.0 Å². The first kappa shape index (κ1) is 22.7. The van der Waals surface area contributed by atoms with E-state index in [0.717, 1.165) is 21.3 Å². The monoisotopic (exact) mass is 487 g/mol. The quantitative estimate of drug-likeness (QED) is 0.524. The number of sulfonamides is 1. The van der Waals surface area contributed by atoms with E-state index in [-0.39, 0.29) is 18.0 Å². The largest absolute Gasteiger partial charge is 0.305 e. The normalized spacial score (nSPS) is 17.7. The standard InChI is InChI=1S/C23H22ClN3O3S2/c1-4-11-26-20-14-15(2)13-16(3)21(20)31-23(26)25-22(28)19-6-5-12-27(19)32(29,30)18-9-7-17(24)8-10-18/h1,7-10,13-14,19H,5-6,11-12H2,2-3H3. The van der Waals surface area contributed by atoms with E-state index in [2.05, 4.69) is 17.0 Å². The first-order chi connectivity index (χ1) is 15.2. The van der Waals surface area contributed by atoms with Crippen molar-refractivity contribution in [1.82, 2.24) is 8.87 Å².